The van der Waals surface area contributed by atoms with Crippen LogP contribution in [0, 0.1) is 17.0 Å². The molecule has 0 N–H and O–H groups in total. The number of hydrogen-bond donors (Lipinski definition) is 0. The van der Waals surface area contributed by atoms with Gasteiger partial charge in [-0.2, -0.15) is 0 Å². The molecule has 132 valence electrons. The van der Waals surface area contributed by atoms with Crippen LogP contribution in [0.5, 0.6) is 5.75 Å². The molecule has 0 bridgehead atoms. The van der Waals surface area contributed by atoms with Gasteiger partial charge in [-0.05, 0) is 43.2 Å². The van der Waals surface area contributed by atoms with Crippen molar-refractivity contribution in [2.24, 2.45) is 0 Å². The number of halogens is 1. The molecule has 1 atom stereocenters. The Labute approximate surface area is 151 Å². The van der Waals surface area contributed by atoms with E-state index >= 15 is 0 Å². The Morgan fingerprint density at radius 2 is 2.04 bits per heavy atom. The lowest BCUT2D eigenvalue weighted by molar-refractivity contribution is -0.384. The van der Waals surface area contributed by atoms with Gasteiger partial charge in [-0.25, -0.2) is 0 Å². The van der Waals surface area contributed by atoms with Gasteiger partial charge in [0.15, 0.2) is 6.61 Å². The van der Waals surface area contributed by atoms with Crippen molar-refractivity contribution in [2.75, 3.05) is 13.7 Å². The summed E-state index contributed by atoms with van der Waals surface area (Å²) in [5.74, 6) is 0.363. The first-order chi connectivity index (χ1) is 11.8. The first-order valence-electron chi connectivity index (χ1n) is 7.68. The van der Waals surface area contributed by atoms with Crippen LogP contribution in [0.4, 0.5) is 5.69 Å². The molecule has 0 aromatic heterocycles. The molecule has 2 aromatic carbocycles. The van der Waals surface area contributed by atoms with Gasteiger partial charge >= 0.3 is 0 Å². The molecule has 6 nitrogen and oxygen atoms in total. The fourth-order valence-electron chi connectivity index (χ4n) is 2.35. The van der Waals surface area contributed by atoms with E-state index in [0.717, 1.165) is 5.56 Å². The monoisotopic (exact) mass is 362 g/mol. The molecular weight excluding hydrogens is 344 g/mol. The van der Waals surface area contributed by atoms with E-state index in [1.165, 1.54) is 17.0 Å². The quantitative estimate of drug-likeness (QED) is 0.571. The number of amides is 1. The molecule has 25 heavy (non-hydrogen) atoms. The van der Waals surface area contributed by atoms with Crippen LogP contribution in [0.25, 0.3) is 0 Å². The molecule has 0 saturated carbocycles. The molecule has 0 unspecified atom stereocenters. The molecule has 2 aromatic rings. The van der Waals surface area contributed by atoms with Gasteiger partial charge in [-0.1, -0.05) is 23.7 Å². The average Bonchev–Trinajstić information content (AvgIpc) is 2.59. The number of rotatable bonds is 6. The number of aryl methyl sites for hydroxylation is 1. The topological polar surface area (TPSA) is 72.7 Å². The normalized spacial score (nSPS) is 11.7. The van der Waals surface area contributed by atoms with Crippen molar-refractivity contribution in [3.63, 3.8) is 0 Å². The predicted octanol–water partition coefficient (Wildman–Crippen LogP) is 4.16. The Balaban J connectivity index is 2.03. The zero-order chi connectivity index (χ0) is 18.6. The van der Waals surface area contributed by atoms with Gasteiger partial charge in [0, 0.05) is 24.2 Å². The van der Waals surface area contributed by atoms with Crippen LogP contribution in [-0.2, 0) is 4.79 Å². The third-order valence-corrected chi connectivity index (χ3v) is 4.26. The minimum atomic E-state index is -0.454. The maximum Gasteiger partial charge on any atom is 0.269 e. The number of carbonyl (C=O) groups excluding carboxylic acids is 1. The van der Waals surface area contributed by atoms with Crippen molar-refractivity contribution in [3.8, 4) is 5.75 Å². The summed E-state index contributed by atoms with van der Waals surface area (Å²) < 4.78 is 5.56. The van der Waals surface area contributed by atoms with Gasteiger partial charge in [-0.3, -0.25) is 14.9 Å². The predicted molar refractivity (Wildman–Crippen MR) is 96.0 cm³/mol. The lowest BCUT2D eigenvalue weighted by Gasteiger charge is -2.25. The fraction of sp³-hybridized carbons (Fsp3) is 0.278. The SMILES string of the molecule is Cc1cc(Cl)ccc1OCC(=O)N(C)[C@H](C)c1cccc([N+](=O)[O-])c1. The second-order valence-corrected chi connectivity index (χ2v) is 6.17. The summed E-state index contributed by atoms with van der Waals surface area (Å²) in [6, 6.07) is 11.1. The molecule has 0 heterocycles. The number of nitrogens with zero attached hydrogens (tertiary/aromatic N) is 2. The Morgan fingerprint density at radius 1 is 1.32 bits per heavy atom. The molecule has 0 radical (unpaired) electrons. The molecule has 0 saturated heterocycles. The summed E-state index contributed by atoms with van der Waals surface area (Å²) in [7, 11) is 1.64. The van der Waals surface area contributed by atoms with Crippen molar-refractivity contribution >= 4 is 23.2 Å². The number of likely N-dealkylation sites (N-methyl/N-ethyl adjacent to an activating group) is 1. The lowest BCUT2D eigenvalue weighted by Crippen LogP contribution is -2.33. The summed E-state index contributed by atoms with van der Waals surface area (Å²) in [6.07, 6.45) is 0. The highest BCUT2D eigenvalue weighted by atomic mass is 35.5. The van der Waals surface area contributed by atoms with Gasteiger partial charge in [0.2, 0.25) is 0 Å². The number of nitro groups is 1. The van der Waals surface area contributed by atoms with Gasteiger partial charge < -0.3 is 9.64 Å². The second kappa shape index (κ2) is 7.98. The van der Waals surface area contributed by atoms with Crippen LogP contribution in [0.1, 0.15) is 24.1 Å². The standard InChI is InChI=1S/C18H19ClN2O4/c1-12-9-15(19)7-8-17(12)25-11-18(22)20(3)13(2)14-5-4-6-16(10-14)21(23)24/h4-10,13H,11H2,1-3H3/t13-/m1/s1. The molecule has 0 aliphatic carbocycles. The summed E-state index contributed by atoms with van der Waals surface area (Å²) in [5.41, 5.74) is 1.53. The Hall–Kier alpha value is -2.60. The van der Waals surface area contributed by atoms with Crippen molar-refractivity contribution in [1.29, 1.82) is 0 Å². The van der Waals surface area contributed by atoms with E-state index in [2.05, 4.69) is 0 Å². The smallest absolute Gasteiger partial charge is 0.269 e. The van der Waals surface area contributed by atoms with Crippen LogP contribution in [0.2, 0.25) is 5.02 Å². The number of benzene rings is 2. The molecule has 0 fully saturated rings. The third kappa shape index (κ3) is 4.70. The first-order valence-corrected chi connectivity index (χ1v) is 8.06. The zero-order valence-corrected chi connectivity index (χ0v) is 15.0. The summed E-state index contributed by atoms with van der Waals surface area (Å²) in [5, 5.41) is 11.5. The van der Waals surface area contributed by atoms with Crippen LogP contribution in [-0.4, -0.2) is 29.4 Å². The van der Waals surface area contributed by atoms with Crippen LogP contribution >= 0.6 is 11.6 Å². The number of nitro benzene ring substituents is 1. The molecular formula is C18H19ClN2O4. The van der Waals surface area contributed by atoms with E-state index in [9.17, 15) is 14.9 Å². The summed E-state index contributed by atoms with van der Waals surface area (Å²) in [4.78, 5) is 24.3. The molecule has 7 heteroatoms. The van der Waals surface area contributed by atoms with E-state index < -0.39 is 4.92 Å². The number of ether oxygens (including phenoxy) is 1. The minimum Gasteiger partial charge on any atom is -0.483 e. The second-order valence-electron chi connectivity index (χ2n) is 5.73. The minimum absolute atomic E-state index is 0.00163. The highest BCUT2D eigenvalue weighted by Crippen LogP contribution is 2.24. The van der Waals surface area contributed by atoms with E-state index in [0.29, 0.717) is 16.3 Å². The molecule has 2 rings (SSSR count). The average molecular weight is 363 g/mol. The largest absolute Gasteiger partial charge is 0.483 e. The third-order valence-electron chi connectivity index (χ3n) is 4.03. The maximum absolute atomic E-state index is 12.4. The van der Waals surface area contributed by atoms with Gasteiger partial charge in [0.1, 0.15) is 5.75 Å². The van der Waals surface area contributed by atoms with Crippen molar-refractivity contribution in [1.82, 2.24) is 4.90 Å². The van der Waals surface area contributed by atoms with E-state index in [-0.39, 0.29) is 24.2 Å². The molecule has 0 aliphatic rings. The highest BCUT2D eigenvalue weighted by Gasteiger charge is 2.20. The van der Waals surface area contributed by atoms with Crippen LogP contribution in [0.3, 0.4) is 0 Å². The van der Waals surface area contributed by atoms with Crippen molar-refractivity contribution in [2.45, 2.75) is 19.9 Å². The van der Waals surface area contributed by atoms with Crippen molar-refractivity contribution in [3.05, 3.63) is 68.7 Å². The van der Waals surface area contributed by atoms with Crippen LogP contribution < -0.4 is 4.74 Å². The zero-order valence-electron chi connectivity index (χ0n) is 14.2. The van der Waals surface area contributed by atoms with Crippen molar-refractivity contribution < 1.29 is 14.5 Å². The summed E-state index contributed by atoms with van der Waals surface area (Å²) >= 11 is 5.90. The van der Waals surface area contributed by atoms with E-state index in [4.69, 9.17) is 16.3 Å². The summed E-state index contributed by atoms with van der Waals surface area (Å²) in [6.45, 7) is 3.53. The Bertz CT molecular complexity index is 794. The maximum atomic E-state index is 12.4. The van der Waals surface area contributed by atoms with Gasteiger partial charge in [0.05, 0.1) is 11.0 Å². The van der Waals surface area contributed by atoms with E-state index in [1.54, 1.807) is 37.4 Å². The van der Waals surface area contributed by atoms with Crippen LogP contribution in [0.15, 0.2) is 42.5 Å². The number of non-ortho nitro benzene ring substituents is 1. The molecule has 0 aliphatic heterocycles. The number of carbonyl (C=O) groups is 1. The highest BCUT2D eigenvalue weighted by molar-refractivity contribution is 6.30. The van der Waals surface area contributed by atoms with Gasteiger partial charge in [0.25, 0.3) is 11.6 Å². The number of hydrogen-bond acceptors (Lipinski definition) is 4. The van der Waals surface area contributed by atoms with E-state index in [1.807, 2.05) is 13.8 Å². The molecule has 1 amide bonds. The Morgan fingerprint density at radius 3 is 2.68 bits per heavy atom. The van der Waals surface area contributed by atoms with Gasteiger partial charge in [-0.15, -0.1) is 0 Å². The lowest BCUT2D eigenvalue weighted by atomic mass is 10.1. The molecule has 0 spiro atoms. The first kappa shape index (κ1) is 18.7. The Kier molecular flexibility index (Phi) is 5.98. The fourth-order valence-corrected chi connectivity index (χ4v) is 2.58.